The molecule has 0 spiro atoms. The molecule has 0 bridgehead atoms. The van der Waals surface area contributed by atoms with Gasteiger partial charge in [0.05, 0.1) is 19.4 Å². The molecule has 7 heteroatoms. The van der Waals surface area contributed by atoms with Crippen LogP contribution in [0.25, 0.3) is 16.9 Å². The van der Waals surface area contributed by atoms with Gasteiger partial charge in [0.25, 0.3) is 0 Å². The zero-order valence-corrected chi connectivity index (χ0v) is 16.1. The maximum atomic E-state index is 12.9. The Bertz CT molecular complexity index is 1060. The number of aryl methyl sites for hydroxylation is 1. The van der Waals surface area contributed by atoms with Crippen LogP contribution in [0.5, 0.6) is 5.75 Å². The van der Waals surface area contributed by atoms with Crippen LogP contribution in [0.3, 0.4) is 0 Å². The van der Waals surface area contributed by atoms with Gasteiger partial charge in [-0.25, -0.2) is 14.3 Å². The number of cyclic esters (lactones) is 1. The Hall–Kier alpha value is -3.61. The smallest absolute Gasteiger partial charge is 0.347 e. The second-order valence-corrected chi connectivity index (χ2v) is 6.75. The zero-order chi connectivity index (χ0) is 20.4. The molecule has 3 aromatic rings. The Labute approximate surface area is 167 Å². The first-order valence-electron chi connectivity index (χ1n) is 9.24. The Morgan fingerprint density at radius 1 is 1.21 bits per heavy atom. The van der Waals surface area contributed by atoms with Gasteiger partial charge in [-0.3, -0.25) is 0 Å². The highest BCUT2D eigenvalue weighted by molar-refractivity contribution is 5.97. The third kappa shape index (κ3) is 3.85. The van der Waals surface area contributed by atoms with Crippen LogP contribution in [0.2, 0.25) is 0 Å². The molecule has 2 heterocycles. The van der Waals surface area contributed by atoms with Gasteiger partial charge in [0.1, 0.15) is 17.0 Å². The summed E-state index contributed by atoms with van der Waals surface area (Å²) in [6, 6.07) is 15.0. The minimum atomic E-state index is -0.886. The fourth-order valence-corrected chi connectivity index (χ4v) is 3.11. The van der Waals surface area contributed by atoms with Crippen LogP contribution >= 0.6 is 0 Å². The van der Waals surface area contributed by atoms with Crippen molar-refractivity contribution < 1.29 is 23.8 Å². The highest BCUT2D eigenvalue weighted by Crippen LogP contribution is 2.28. The first-order chi connectivity index (χ1) is 14.0. The van der Waals surface area contributed by atoms with Crippen LogP contribution < -0.4 is 4.74 Å². The summed E-state index contributed by atoms with van der Waals surface area (Å²) < 4.78 is 17.2. The summed E-state index contributed by atoms with van der Waals surface area (Å²) in [4.78, 5) is 24.6. The predicted octanol–water partition coefficient (Wildman–Crippen LogP) is 3.33. The number of carbonyl (C=O) groups is 2. The summed E-state index contributed by atoms with van der Waals surface area (Å²) in [5, 5.41) is 4.61. The fraction of sp³-hybridized carbons (Fsp3) is 0.227. The number of hydrogen-bond donors (Lipinski definition) is 0. The minimum Gasteiger partial charge on any atom is -0.497 e. The van der Waals surface area contributed by atoms with Crippen molar-refractivity contribution in [3.05, 3.63) is 65.9 Å². The van der Waals surface area contributed by atoms with Gasteiger partial charge in [-0.2, -0.15) is 5.10 Å². The summed E-state index contributed by atoms with van der Waals surface area (Å²) in [6.45, 7) is 2.25. The average Bonchev–Trinajstić information content (AvgIpc) is 3.35. The van der Waals surface area contributed by atoms with Gasteiger partial charge in [0.2, 0.25) is 6.10 Å². The van der Waals surface area contributed by atoms with E-state index in [2.05, 4.69) is 5.10 Å². The molecule has 1 atom stereocenters. The fourth-order valence-electron chi connectivity index (χ4n) is 3.11. The molecule has 1 saturated heterocycles. The van der Waals surface area contributed by atoms with Crippen LogP contribution in [0.15, 0.2) is 54.7 Å². The van der Waals surface area contributed by atoms with Gasteiger partial charge in [-0.1, -0.05) is 29.8 Å². The summed E-state index contributed by atoms with van der Waals surface area (Å²) in [5.41, 5.74) is 3.34. The number of benzene rings is 2. The molecule has 1 fully saturated rings. The van der Waals surface area contributed by atoms with Crippen molar-refractivity contribution in [2.24, 2.45) is 0 Å². The molecule has 1 aromatic heterocycles. The Morgan fingerprint density at radius 2 is 2.00 bits per heavy atom. The lowest BCUT2D eigenvalue weighted by Gasteiger charge is -2.08. The minimum absolute atomic E-state index is 0.252. The number of carbonyl (C=O) groups excluding carboxylic acids is 2. The number of aromatic nitrogens is 2. The molecule has 1 aliphatic heterocycles. The summed E-state index contributed by atoms with van der Waals surface area (Å²) in [7, 11) is 1.57. The Kier molecular flexibility index (Phi) is 5.03. The SMILES string of the molecule is COc1cccc(-c2nn(-c3ccc(C)cc3)cc2C(=O)O[C@H]2CCOC2=O)c1. The van der Waals surface area contributed by atoms with Crippen molar-refractivity contribution in [1.29, 1.82) is 0 Å². The van der Waals surface area contributed by atoms with Gasteiger partial charge in [0, 0.05) is 18.2 Å². The topological polar surface area (TPSA) is 79.7 Å². The summed E-state index contributed by atoms with van der Waals surface area (Å²) >= 11 is 0. The van der Waals surface area contributed by atoms with E-state index in [9.17, 15) is 9.59 Å². The highest BCUT2D eigenvalue weighted by atomic mass is 16.6. The van der Waals surface area contributed by atoms with Crippen molar-refractivity contribution in [2.75, 3.05) is 13.7 Å². The summed E-state index contributed by atoms with van der Waals surface area (Å²) in [5.74, 6) is -0.497. The largest absolute Gasteiger partial charge is 0.497 e. The van der Waals surface area contributed by atoms with Gasteiger partial charge >= 0.3 is 11.9 Å². The van der Waals surface area contributed by atoms with Crippen LogP contribution in [0.1, 0.15) is 22.3 Å². The van der Waals surface area contributed by atoms with Crippen LogP contribution in [-0.2, 0) is 14.3 Å². The standard InChI is InChI=1S/C22H20N2O5/c1-14-6-8-16(9-7-14)24-13-18(21(25)29-19-10-11-28-22(19)26)20(23-24)15-4-3-5-17(12-15)27-2/h3-9,12-13,19H,10-11H2,1-2H3/t19-/m0/s1. The third-order valence-electron chi connectivity index (χ3n) is 4.71. The molecule has 0 unspecified atom stereocenters. The predicted molar refractivity (Wildman–Crippen MR) is 105 cm³/mol. The van der Waals surface area contributed by atoms with E-state index in [0.717, 1.165) is 11.3 Å². The molecular weight excluding hydrogens is 372 g/mol. The van der Waals surface area contributed by atoms with E-state index in [1.165, 1.54) is 0 Å². The Morgan fingerprint density at radius 3 is 2.69 bits per heavy atom. The van der Waals surface area contributed by atoms with Crippen molar-refractivity contribution >= 4 is 11.9 Å². The lowest BCUT2D eigenvalue weighted by atomic mass is 10.1. The first-order valence-corrected chi connectivity index (χ1v) is 9.24. The molecule has 29 heavy (non-hydrogen) atoms. The molecule has 148 valence electrons. The van der Waals surface area contributed by atoms with E-state index < -0.39 is 18.0 Å². The number of methoxy groups -OCH3 is 1. The highest BCUT2D eigenvalue weighted by Gasteiger charge is 2.32. The molecular formula is C22H20N2O5. The van der Waals surface area contributed by atoms with Crippen molar-refractivity contribution in [1.82, 2.24) is 9.78 Å². The molecule has 7 nitrogen and oxygen atoms in total. The summed E-state index contributed by atoms with van der Waals surface area (Å²) in [6.07, 6.45) is 1.08. The molecule has 4 rings (SSSR count). The second kappa shape index (κ2) is 7.79. The van der Waals surface area contributed by atoms with Crippen molar-refractivity contribution in [3.8, 4) is 22.7 Å². The molecule has 0 saturated carbocycles. The molecule has 2 aromatic carbocycles. The van der Waals surface area contributed by atoms with E-state index in [-0.39, 0.29) is 12.2 Å². The number of esters is 2. The second-order valence-electron chi connectivity index (χ2n) is 6.75. The molecule has 1 aliphatic rings. The van der Waals surface area contributed by atoms with Crippen LogP contribution in [-0.4, -0.2) is 41.5 Å². The van der Waals surface area contributed by atoms with Crippen molar-refractivity contribution in [2.45, 2.75) is 19.4 Å². The van der Waals surface area contributed by atoms with E-state index in [1.807, 2.05) is 49.4 Å². The monoisotopic (exact) mass is 392 g/mol. The van der Waals surface area contributed by atoms with Crippen LogP contribution in [0.4, 0.5) is 0 Å². The lowest BCUT2D eigenvalue weighted by molar-refractivity contribution is -0.145. The quantitative estimate of drug-likeness (QED) is 0.620. The van der Waals surface area contributed by atoms with E-state index in [1.54, 1.807) is 24.1 Å². The lowest BCUT2D eigenvalue weighted by Crippen LogP contribution is -2.22. The zero-order valence-electron chi connectivity index (χ0n) is 16.1. The molecule has 0 N–H and O–H groups in total. The maximum absolute atomic E-state index is 12.9. The normalized spacial score (nSPS) is 15.8. The number of ether oxygens (including phenoxy) is 3. The molecule has 0 aliphatic carbocycles. The van der Waals surface area contributed by atoms with Gasteiger partial charge in [-0.05, 0) is 31.2 Å². The molecule has 0 radical (unpaired) electrons. The maximum Gasteiger partial charge on any atom is 0.347 e. The number of rotatable bonds is 5. The van der Waals surface area contributed by atoms with Gasteiger partial charge < -0.3 is 14.2 Å². The molecule has 0 amide bonds. The van der Waals surface area contributed by atoms with E-state index in [4.69, 9.17) is 14.2 Å². The van der Waals surface area contributed by atoms with Crippen molar-refractivity contribution in [3.63, 3.8) is 0 Å². The van der Waals surface area contributed by atoms with Crippen LogP contribution in [0, 0.1) is 6.92 Å². The Balaban J connectivity index is 1.75. The third-order valence-corrected chi connectivity index (χ3v) is 4.71. The average molecular weight is 392 g/mol. The first kappa shape index (κ1) is 18.7. The van der Waals surface area contributed by atoms with E-state index in [0.29, 0.717) is 23.4 Å². The van der Waals surface area contributed by atoms with E-state index >= 15 is 0 Å². The number of hydrogen-bond acceptors (Lipinski definition) is 6. The number of nitrogens with zero attached hydrogens (tertiary/aromatic N) is 2. The van der Waals surface area contributed by atoms with Gasteiger partial charge in [-0.15, -0.1) is 0 Å². The van der Waals surface area contributed by atoms with Gasteiger partial charge in [0.15, 0.2) is 0 Å².